The summed E-state index contributed by atoms with van der Waals surface area (Å²) in [5.41, 5.74) is 1.30. The van der Waals surface area contributed by atoms with E-state index >= 15 is 0 Å². The molecule has 2 aromatic rings. The molecule has 0 spiro atoms. The predicted molar refractivity (Wildman–Crippen MR) is 134 cm³/mol. The van der Waals surface area contributed by atoms with Gasteiger partial charge in [-0.3, -0.25) is 9.98 Å². The molecule has 2 saturated carbocycles. The van der Waals surface area contributed by atoms with E-state index in [-0.39, 0.29) is 28.6 Å². The summed E-state index contributed by atoms with van der Waals surface area (Å²) in [5, 5.41) is 23.4. The van der Waals surface area contributed by atoms with Crippen molar-refractivity contribution in [2.45, 2.75) is 76.3 Å². The maximum atomic E-state index is 11.7. The zero-order valence-corrected chi connectivity index (χ0v) is 21.6. The molecule has 0 unspecified atom stereocenters. The molecule has 6 nitrogen and oxygen atoms in total. The summed E-state index contributed by atoms with van der Waals surface area (Å²) in [4.78, 5) is 9.01. The molecule has 0 aliphatic heterocycles. The third kappa shape index (κ3) is 9.58. The molecule has 1 radical (unpaired) electrons. The molecular weight excluding hydrogens is 492 g/mol. The van der Waals surface area contributed by atoms with Crippen molar-refractivity contribution in [1.82, 2.24) is 0 Å². The van der Waals surface area contributed by atoms with Gasteiger partial charge in [-0.15, -0.1) is 0 Å². The third-order valence-corrected chi connectivity index (χ3v) is 6.44. The molecular formula is C28H36CuN2O4. The van der Waals surface area contributed by atoms with Crippen LogP contribution in [0, 0.1) is 0 Å². The fourth-order valence-corrected chi connectivity index (χ4v) is 4.33. The van der Waals surface area contributed by atoms with Gasteiger partial charge >= 0.3 is 17.1 Å². The van der Waals surface area contributed by atoms with Gasteiger partial charge in [-0.2, -0.15) is 0 Å². The smallest absolute Gasteiger partial charge is 0.872 e. The van der Waals surface area contributed by atoms with Gasteiger partial charge < -0.3 is 19.7 Å². The van der Waals surface area contributed by atoms with Gasteiger partial charge in [-0.1, -0.05) is 62.2 Å². The van der Waals surface area contributed by atoms with Crippen molar-refractivity contribution >= 4 is 12.4 Å². The number of rotatable bonds is 6. The average Bonchev–Trinajstić information content (AvgIpc) is 2.88. The molecule has 0 heterocycles. The fraction of sp³-hybridized carbons (Fsp3) is 0.500. The van der Waals surface area contributed by atoms with Crippen LogP contribution in [0.15, 0.2) is 46.4 Å². The van der Waals surface area contributed by atoms with Crippen LogP contribution in [-0.4, -0.2) is 38.7 Å². The average molecular weight is 528 g/mol. The molecule has 35 heavy (non-hydrogen) atoms. The Hall–Kier alpha value is -2.50. The molecule has 2 aliphatic rings. The van der Waals surface area contributed by atoms with Gasteiger partial charge in [0.25, 0.3) is 0 Å². The minimum Gasteiger partial charge on any atom is -0.872 e. The van der Waals surface area contributed by atoms with E-state index in [2.05, 4.69) is 9.98 Å². The van der Waals surface area contributed by atoms with E-state index in [1.807, 2.05) is 0 Å². The Bertz CT molecular complexity index is 874. The van der Waals surface area contributed by atoms with E-state index in [1.165, 1.54) is 50.7 Å². The van der Waals surface area contributed by atoms with Gasteiger partial charge in [0.05, 0.1) is 14.2 Å². The Labute approximate surface area is 220 Å². The van der Waals surface area contributed by atoms with Gasteiger partial charge in [0, 0.05) is 24.5 Å². The first-order valence-electron chi connectivity index (χ1n) is 12.4. The number of hydrogen-bond acceptors (Lipinski definition) is 6. The summed E-state index contributed by atoms with van der Waals surface area (Å²) in [6, 6.07) is 11.0. The van der Waals surface area contributed by atoms with Crippen LogP contribution in [0.3, 0.4) is 0 Å². The SMILES string of the molecule is COc1ccc(C=NC2CCCCC2)c([O-])c1.COc1ccc(C=NC2CCCCC2)c([O-])c1.[Cu+2]. The summed E-state index contributed by atoms with van der Waals surface area (Å²) in [6.45, 7) is 0. The first-order chi connectivity index (χ1) is 16.6. The van der Waals surface area contributed by atoms with E-state index in [4.69, 9.17) is 9.47 Å². The zero-order chi connectivity index (χ0) is 24.2. The normalized spacial score (nSPS) is 17.0. The Kier molecular flexibility index (Phi) is 12.7. The maximum absolute atomic E-state index is 11.7. The molecule has 2 aliphatic carbocycles. The Morgan fingerprint density at radius 1 is 0.657 bits per heavy atom. The van der Waals surface area contributed by atoms with Crippen LogP contribution in [0.4, 0.5) is 0 Å². The molecule has 4 rings (SSSR count). The van der Waals surface area contributed by atoms with Crippen molar-refractivity contribution in [3.63, 3.8) is 0 Å². The van der Waals surface area contributed by atoms with Crippen LogP contribution in [-0.2, 0) is 17.1 Å². The number of hydrogen-bond donors (Lipinski definition) is 0. The summed E-state index contributed by atoms with van der Waals surface area (Å²) in [7, 11) is 3.12. The predicted octanol–water partition coefficient (Wildman–Crippen LogP) is 5.04. The number of methoxy groups -OCH3 is 2. The zero-order valence-electron chi connectivity index (χ0n) is 20.7. The van der Waals surface area contributed by atoms with E-state index in [1.54, 1.807) is 50.9 Å². The Balaban J connectivity index is 0.000000240. The molecule has 7 heteroatoms. The Morgan fingerprint density at radius 2 is 1.03 bits per heavy atom. The van der Waals surface area contributed by atoms with E-state index in [0.717, 1.165) is 25.7 Å². The number of benzene rings is 2. The van der Waals surface area contributed by atoms with Crippen molar-refractivity contribution in [2.24, 2.45) is 9.98 Å². The molecule has 0 aromatic heterocycles. The second-order valence-corrected chi connectivity index (χ2v) is 8.95. The van der Waals surface area contributed by atoms with Crippen LogP contribution in [0.1, 0.15) is 75.3 Å². The number of aliphatic imine (C=N–C) groups is 2. The Morgan fingerprint density at radius 3 is 1.34 bits per heavy atom. The topological polar surface area (TPSA) is 89.3 Å². The third-order valence-electron chi connectivity index (χ3n) is 6.44. The summed E-state index contributed by atoms with van der Waals surface area (Å²) in [5.74, 6) is 1.16. The standard InChI is InChI=1S/2C14H19NO2.Cu/c2*1-17-13-8-7-11(14(16)9-13)10-15-12-5-3-2-4-6-12;/h2*7-10,12,16H,2-6H2,1H3;/q;;+2/p-2. The molecule has 0 bridgehead atoms. The minimum atomic E-state index is -0.0242. The largest absolute Gasteiger partial charge is 2.00 e. The van der Waals surface area contributed by atoms with Crippen LogP contribution >= 0.6 is 0 Å². The van der Waals surface area contributed by atoms with E-state index < -0.39 is 0 Å². The van der Waals surface area contributed by atoms with Crippen molar-refractivity contribution in [1.29, 1.82) is 0 Å². The molecule has 0 saturated heterocycles. The van der Waals surface area contributed by atoms with Crippen molar-refractivity contribution < 1.29 is 36.8 Å². The van der Waals surface area contributed by atoms with Crippen molar-refractivity contribution in [3.05, 3.63) is 47.5 Å². The van der Waals surface area contributed by atoms with Crippen LogP contribution in [0.25, 0.3) is 0 Å². The maximum Gasteiger partial charge on any atom is 2.00 e. The molecule has 0 atom stereocenters. The molecule has 0 amide bonds. The summed E-state index contributed by atoms with van der Waals surface area (Å²) < 4.78 is 10.00. The van der Waals surface area contributed by atoms with Crippen LogP contribution < -0.4 is 19.7 Å². The van der Waals surface area contributed by atoms with Gasteiger partial charge in [-0.25, -0.2) is 0 Å². The number of ether oxygens (including phenoxy) is 2. The summed E-state index contributed by atoms with van der Waals surface area (Å²) in [6.07, 6.45) is 15.7. The fourth-order valence-electron chi connectivity index (χ4n) is 4.33. The van der Waals surface area contributed by atoms with Crippen LogP contribution in [0.5, 0.6) is 23.0 Å². The monoisotopic (exact) mass is 527 g/mol. The van der Waals surface area contributed by atoms with Gasteiger partial charge in [0.2, 0.25) is 0 Å². The van der Waals surface area contributed by atoms with E-state index in [9.17, 15) is 10.2 Å². The number of nitrogens with zero attached hydrogens (tertiary/aromatic N) is 2. The quantitative estimate of drug-likeness (QED) is 0.389. The van der Waals surface area contributed by atoms with Crippen molar-refractivity contribution in [3.8, 4) is 23.0 Å². The van der Waals surface area contributed by atoms with Gasteiger partial charge in [0.15, 0.2) is 0 Å². The first kappa shape index (κ1) is 28.7. The van der Waals surface area contributed by atoms with Gasteiger partial charge in [0.1, 0.15) is 11.5 Å². The first-order valence-corrected chi connectivity index (χ1v) is 12.4. The molecule has 2 fully saturated rings. The summed E-state index contributed by atoms with van der Waals surface area (Å²) >= 11 is 0. The second-order valence-electron chi connectivity index (χ2n) is 8.95. The van der Waals surface area contributed by atoms with Crippen molar-refractivity contribution in [2.75, 3.05) is 14.2 Å². The molecule has 2 aromatic carbocycles. The molecule has 0 N–H and O–H groups in total. The van der Waals surface area contributed by atoms with Crippen LogP contribution in [0.2, 0.25) is 0 Å². The minimum absolute atomic E-state index is 0. The van der Waals surface area contributed by atoms with Gasteiger partial charge in [-0.05, 0) is 61.1 Å². The second kappa shape index (κ2) is 15.5. The molecule has 193 valence electrons. The van der Waals surface area contributed by atoms with E-state index in [0.29, 0.717) is 34.7 Å².